The lowest BCUT2D eigenvalue weighted by Crippen LogP contribution is -2.14. The van der Waals surface area contributed by atoms with E-state index in [1.165, 1.54) is 11.3 Å². The maximum absolute atomic E-state index is 5.05. The third-order valence-electron chi connectivity index (χ3n) is 1.98. The van der Waals surface area contributed by atoms with Crippen LogP contribution in [0.15, 0.2) is 24.3 Å². The molecule has 0 fully saturated rings. The van der Waals surface area contributed by atoms with Crippen LogP contribution in [0, 0.1) is 0 Å². The summed E-state index contributed by atoms with van der Waals surface area (Å²) in [5.74, 6) is 0. The molecule has 0 spiro atoms. The Morgan fingerprint density at radius 3 is 2.36 bits per heavy atom. The Morgan fingerprint density at radius 2 is 1.86 bits per heavy atom. The van der Waals surface area contributed by atoms with Gasteiger partial charge in [-0.1, -0.05) is 12.1 Å². The Balaban J connectivity index is 2.47. The Bertz CT molecular complexity index is 256. The molecule has 0 heterocycles. The second-order valence-electron chi connectivity index (χ2n) is 3.32. The van der Waals surface area contributed by atoms with E-state index < -0.39 is 0 Å². The maximum Gasteiger partial charge on any atom is 0.0654 e. The van der Waals surface area contributed by atoms with Gasteiger partial charge in [0.25, 0.3) is 0 Å². The van der Waals surface area contributed by atoms with Crippen molar-refractivity contribution in [3.63, 3.8) is 0 Å². The number of hydrogen-bond acceptors (Lipinski definition) is 3. The summed E-state index contributed by atoms with van der Waals surface area (Å²) in [6.07, 6.45) is 0. The minimum Gasteiger partial charge on any atom is -0.378 e. The topological polar surface area (TPSA) is 24.5 Å². The fourth-order valence-electron chi connectivity index (χ4n) is 1.15. The lowest BCUT2D eigenvalue weighted by atomic mass is 10.2. The van der Waals surface area contributed by atoms with Gasteiger partial charge in [0.05, 0.1) is 6.61 Å². The first kappa shape index (κ1) is 11.0. The van der Waals surface area contributed by atoms with Crippen molar-refractivity contribution < 1.29 is 4.84 Å². The van der Waals surface area contributed by atoms with Crippen molar-refractivity contribution in [1.82, 2.24) is 5.48 Å². The van der Waals surface area contributed by atoms with Crippen molar-refractivity contribution in [3.05, 3.63) is 29.8 Å². The molecule has 3 nitrogen and oxygen atoms in total. The van der Waals surface area contributed by atoms with Gasteiger partial charge in [-0.25, -0.2) is 0 Å². The molecule has 0 bridgehead atoms. The summed E-state index contributed by atoms with van der Waals surface area (Å²) in [6.45, 7) is 3.40. The molecule has 0 saturated heterocycles. The summed E-state index contributed by atoms with van der Waals surface area (Å²) < 4.78 is 0. The number of hydroxylamine groups is 1. The second-order valence-corrected chi connectivity index (χ2v) is 3.32. The summed E-state index contributed by atoms with van der Waals surface area (Å²) in [6, 6.07) is 8.40. The van der Waals surface area contributed by atoms with Gasteiger partial charge in [0.15, 0.2) is 0 Å². The van der Waals surface area contributed by atoms with Crippen LogP contribution < -0.4 is 10.4 Å². The van der Waals surface area contributed by atoms with Gasteiger partial charge in [-0.3, -0.25) is 0 Å². The van der Waals surface area contributed by atoms with Crippen molar-refractivity contribution in [1.29, 1.82) is 0 Å². The molecule has 0 aromatic heterocycles. The average molecular weight is 194 g/mol. The first-order valence-corrected chi connectivity index (χ1v) is 4.85. The van der Waals surface area contributed by atoms with Crippen LogP contribution in [-0.2, 0) is 11.4 Å². The molecule has 0 radical (unpaired) electrons. The number of anilines is 1. The maximum atomic E-state index is 5.05. The third-order valence-corrected chi connectivity index (χ3v) is 1.98. The number of nitrogens with one attached hydrogen (secondary N) is 1. The van der Waals surface area contributed by atoms with Crippen LogP contribution in [0.4, 0.5) is 5.69 Å². The summed E-state index contributed by atoms with van der Waals surface area (Å²) in [5.41, 5.74) is 5.33. The average Bonchev–Trinajstić information content (AvgIpc) is 2.19. The highest BCUT2D eigenvalue weighted by Gasteiger charge is 1.95. The highest BCUT2D eigenvalue weighted by molar-refractivity contribution is 5.45. The fraction of sp³-hybridized carbons (Fsp3) is 0.455. The molecule has 78 valence electrons. The summed E-state index contributed by atoms with van der Waals surface area (Å²) >= 11 is 0. The van der Waals surface area contributed by atoms with Crippen LogP contribution in [0.3, 0.4) is 0 Å². The highest BCUT2D eigenvalue weighted by Crippen LogP contribution is 2.11. The van der Waals surface area contributed by atoms with Crippen molar-refractivity contribution in [2.45, 2.75) is 13.5 Å². The van der Waals surface area contributed by atoms with Crippen molar-refractivity contribution in [3.8, 4) is 0 Å². The largest absolute Gasteiger partial charge is 0.378 e. The van der Waals surface area contributed by atoms with Gasteiger partial charge < -0.3 is 9.74 Å². The summed E-state index contributed by atoms with van der Waals surface area (Å²) in [5, 5.41) is 0. The zero-order valence-electron chi connectivity index (χ0n) is 9.08. The predicted molar refractivity (Wildman–Crippen MR) is 59.2 cm³/mol. The van der Waals surface area contributed by atoms with Gasteiger partial charge in [0.2, 0.25) is 0 Å². The normalized spacial score (nSPS) is 10.2. The van der Waals surface area contributed by atoms with E-state index in [0.717, 1.165) is 6.54 Å². The smallest absolute Gasteiger partial charge is 0.0654 e. The first-order valence-electron chi connectivity index (χ1n) is 4.85. The molecule has 0 atom stereocenters. The Hall–Kier alpha value is -1.06. The molecule has 0 aliphatic rings. The Morgan fingerprint density at radius 1 is 1.21 bits per heavy atom. The van der Waals surface area contributed by atoms with Gasteiger partial charge in [-0.2, -0.15) is 5.48 Å². The zero-order valence-corrected chi connectivity index (χ0v) is 9.08. The second kappa shape index (κ2) is 5.62. The van der Waals surface area contributed by atoms with Crippen LogP contribution in [0.1, 0.15) is 12.5 Å². The molecule has 1 aromatic carbocycles. The van der Waals surface area contributed by atoms with Crippen molar-refractivity contribution in [2.24, 2.45) is 0 Å². The molecule has 1 N–H and O–H groups in total. The molecule has 1 aromatic rings. The van der Waals surface area contributed by atoms with Crippen molar-refractivity contribution in [2.75, 3.05) is 25.6 Å². The molecule has 0 saturated carbocycles. The lowest BCUT2D eigenvalue weighted by Gasteiger charge is -2.12. The van der Waals surface area contributed by atoms with E-state index in [2.05, 4.69) is 34.6 Å². The monoisotopic (exact) mass is 194 g/mol. The van der Waals surface area contributed by atoms with E-state index in [1.54, 1.807) is 0 Å². The fourth-order valence-corrected chi connectivity index (χ4v) is 1.15. The van der Waals surface area contributed by atoms with Gasteiger partial charge in [-0.05, 0) is 24.6 Å². The molecule has 0 aliphatic carbocycles. The molecule has 0 amide bonds. The minimum absolute atomic E-state index is 0.690. The molecule has 14 heavy (non-hydrogen) atoms. The molecular weight excluding hydrogens is 176 g/mol. The van der Waals surface area contributed by atoms with Crippen molar-refractivity contribution >= 4 is 5.69 Å². The molecule has 0 unspecified atom stereocenters. The standard InChI is InChI=1S/C11H18N2O/c1-4-14-12-9-10-5-7-11(8-6-10)13(2)3/h5-8,12H,4,9H2,1-3H3. The SMILES string of the molecule is CCONCc1ccc(N(C)C)cc1. The van der Waals surface area contributed by atoms with E-state index >= 15 is 0 Å². The van der Waals surface area contributed by atoms with E-state index in [1.807, 2.05) is 21.0 Å². The van der Waals surface area contributed by atoms with E-state index in [4.69, 9.17) is 4.84 Å². The summed E-state index contributed by atoms with van der Waals surface area (Å²) in [4.78, 5) is 7.14. The van der Waals surface area contributed by atoms with Crippen LogP contribution in [-0.4, -0.2) is 20.7 Å². The quantitative estimate of drug-likeness (QED) is 0.571. The van der Waals surface area contributed by atoms with E-state index in [0.29, 0.717) is 6.61 Å². The van der Waals surface area contributed by atoms with Crippen LogP contribution in [0.2, 0.25) is 0 Å². The Labute approximate surface area is 85.6 Å². The number of benzene rings is 1. The van der Waals surface area contributed by atoms with E-state index in [-0.39, 0.29) is 0 Å². The molecular formula is C11H18N2O. The van der Waals surface area contributed by atoms with E-state index in [9.17, 15) is 0 Å². The Kier molecular flexibility index (Phi) is 4.43. The molecule has 0 aliphatic heterocycles. The number of rotatable bonds is 5. The molecule has 1 rings (SSSR count). The van der Waals surface area contributed by atoms with Gasteiger partial charge in [-0.15, -0.1) is 0 Å². The minimum atomic E-state index is 0.690. The first-order chi connectivity index (χ1) is 6.74. The third kappa shape index (κ3) is 3.36. The highest BCUT2D eigenvalue weighted by atomic mass is 16.6. The number of hydrogen-bond donors (Lipinski definition) is 1. The van der Waals surface area contributed by atoms with Crippen LogP contribution in [0.25, 0.3) is 0 Å². The van der Waals surface area contributed by atoms with Gasteiger partial charge in [0, 0.05) is 26.3 Å². The van der Waals surface area contributed by atoms with Gasteiger partial charge in [0.1, 0.15) is 0 Å². The van der Waals surface area contributed by atoms with Crippen LogP contribution in [0.5, 0.6) is 0 Å². The zero-order chi connectivity index (χ0) is 10.4. The molecule has 3 heteroatoms. The predicted octanol–water partition coefficient (Wildman–Crippen LogP) is 1.79. The number of nitrogens with zero attached hydrogens (tertiary/aromatic N) is 1. The lowest BCUT2D eigenvalue weighted by molar-refractivity contribution is 0.0463. The van der Waals surface area contributed by atoms with Gasteiger partial charge >= 0.3 is 0 Å². The van der Waals surface area contributed by atoms with Crippen LogP contribution >= 0.6 is 0 Å². The summed E-state index contributed by atoms with van der Waals surface area (Å²) in [7, 11) is 4.07.